The van der Waals surface area contributed by atoms with Crippen molar-refractivity contribution < 1.29 is 0 Å². The van der Waals surface area contributed by atoms with E-state index in [1.807, 2.05) is 0 Å². The minimum absolute atomic E-state index is 0.513. The highest BCUT2D eigenvalue weighted by Crippen LogP contribution is 2.28. The highest BCUT2D eigenvalue weighted by Gasteiger charge is 2.21. The summed E-state index contributed by atoms with van der Waals surface area (Å²) >= 11 is 3.62. The van der Waals surface area contributed by atoms with E-state index in [0.29, 0.717) is 6.04 Å². The molecule has 1 atom stereocenters. The van der Waals surface area contributed by atoms with Crippen LogP contribution in [0.2, 0.25) is 0 Å². The molecule has 0 radical (unpaired) electrons. The van der Waals surface area contributed by atoms with Crippen molar-refractivity contribution >= 4 is 15.9 Å². The van der Waals surface area contributed by atoms with Crippen LogP contribution in [0.15, 0.2) is 16.6 Å². The van der Waals surface area contributed by atoms with Gasteiger partial charge in [0.05, 0.1) is 0 Å². The lowest BCUT2D eigenvalue weighted by molar-refractivity contribution is 0.202. The van der Waals surface area contributed by atoms with E-state index >= 15 is 0 Å². The van der Waals surface area contributed by atoms with E-state index in [9.17, 15) is 0 Å². The van der Waals surface area contributed by atoms with Gasteiger partial charge in [-0.2, -0.15) is 0 Å². The maximum Gasteiger partial charge on any atom is 0.0470 e. The molecule has 2 rings (SSSR count). The summed E-state index contributed by atoms with van der Waals surface area (Å²) in [6.07, 6.45) is 0. The Hall–Kier alpha value is -0.380. The van der Waals surface area contributed by atoms with Crippen LogP contribution in [-0.4, -0.2) is 31.6 Å². The molecule has 0 aliphatic carbocycles. The number of aryl methyl sites for hydroxylation is 2. The van der Waals surface area contributed by atoms with Gasteiger partial charge in [-0.1, -0.05) is 28.1 Å². The Labute approximate surface area is 106 Å². The van der Waals surface area contributed by atoms with Crippen molar-refractivity contribution in [3.05, 3.63) is 33.3 Å². The summed E-state index contributed by atoms with van der Waals surface area (Å²) in [5.41, 5.74) is 4.08. The van der Waals surface area contributed by atoms with Gasteiger partial charge >= 0.3 is 0 Å². The zero-order chi connectivity index (χ0) is 11.7. The summed E-state index contributed by atoms with van der Waals surface area (Å²) in [7, 11) is 2.21. The maximum absolute atomic E-state index is 3.62. The van der Waals surface area contributed by atoms with Crippen molar-refractivity contribution in [3.63, 3.8) is 0 Å². The molecule has 1 heterocycles. The second-order valence-corrected chi connectivity index (χ2v) is 5.46. The first-order valence-electron chi connectivity index (χ1n) is 5.77. The minimum atomic E-state index is 0.513. The van der Waals surface area contributed by atoms with Crippen LogP contribution in [0.5, 0.6) is 0 Å². The molecule has 1 N–H and O–H groups in total. The Kier molecular flexibility index (Phi) is 3.67. The third-order valence-electron chi connectivity index (χ3n) is 3.35. The Morgan fingerprint density at radius 2 is 1.94 bits per heavy atom. The molecule has 1 fully saturated rings. The Bertz CT molecular complexity index is 367. The van der Waals surface area contributed by atoms with Gasteiger partial charge in [0, 0.05) is 30.1 Å². The number of hydrogen-bond acceptors (Lipinski definition) is 2. The Morgan fingerprint density at radius 3 is 2.50 bits per heavy atom. The summed E-state index contributed by atoms with van der Waals surface area (Å²) < 4.78 is 1.24. The van der Waals surface area contributed by atoms with Crippen LogP contribution in [0.25, 0.3) is 0 Å². The molecule has 1 aliphatic rings. The van der Waals surface area contributed by atoms with Gasteiger partial charge in [-0.15, -0.1) is 0 Å². The van der Waals surface area contributed by atoms with Gasteiger partial charge in [-0.25, -0.2) is 0 Å². The highest BCUT2D eigenvalue weighted by molar-refractivity contribution is 9.10. The van der Waals surface area contributed by atoms with E-state index in [1.54, 1.807) is 0 Å². The molecule has 0 amide bonds. The van der Waals surface area contributed by atoms with Crippen molar-refractivity contribution in [2.45, 2.75) is 19.9 Å². The number of benzene rings is 1. The molecule has 1 aromatic rings. The van der Waals surface area contributed by atoms with Gasteiger partial charge < -0.3 is 5.32 Å². The highest BCUT2D eigenvalue weighted by atomic mass is 79.9. The molecule has 2 nitrogen and oxygen atoms in total. The maximum atomic E-state index is 3.62. The quantitative estimate of drug-likeness (QED) is 0.852. The topological polar surface area (TPSA) is 15.3 Å². The second kappa shape index (κ2) is 4.86. The zero-order valence-electron chi connectivity index (χ0n) is 10.2. The lowest BCUT2D eigenvalue weighted by Gasteiger charge is -2.33. The smallest absolute Gasteiger partial charge is 0.0470 e. The van der Waals surface area contributed by atoms with E-state index in [-0.39, 0.29) is 0 Å². The molecule has 0 aromatic heterocycles. The average molecular weight is 283 g/mol. The zero-order valence-corrected chi connectivity index (χ0v) is 11.8. The SMILES string of the molecule is Cc1cc(C2CNCCN2C)cc(C)c1Br. The number of hydrogen-bond donors (Lipinski definition) is 1. The Balaban J connectivity index is 2.32. The molecule has 3 heteroatoms. The predicted molar refractivity (Wildman–Crippen MR) is 71.9 cm³/mol. The van der Waals surface area contributed by atoms with E-state index in [2.05, 4.69) is 59.2 Å². The van der Waals surface area contributed by atoms with Crippen LogP contribution in [0.4, 0.5) is 0 Å². The molecule has 1 unspecified atom stereocenters. The molecular formula is C13H19BrN2. The fourth-order valence-corrected chi connectivity index (χ4v) is 2.58. The lowest BCUT2D eigenvalue weighted by atomic mass is 9.99. The first-order chi connectivity index (χ1) is 7.59. The molecule has 88 valence electrons. The lowest BCUT2D eigenvalue weighted by Crippen LogP contribution is -2.43. The predicted octanol–water partition coefficient (Wildman–Crippen LogP) is 2.64. The van der Waals surface area contributed by atoms with Gasteiger partial charge in [-0.05, 0) is 37.6 Å². The molecule has 16 heavy (non-hydrogen) atoms. The molecule has 1 saturated heterocycles. The van der Waals surface area contributed by atoms with Crippen molar-refractivity contribution in [1.29, 1.82) is 0 Å². The van der Waals surface area contributed by atoms with E-state index in [0.717, 1.165) is 19.6 Å². The number of piperazine rings is 1. The number of halogens is 1. The number of likely N-dealkylation sites (N-methyl/N-ethyl adjacent to an activating group) is 1. The Morgan fingerprint density at radius 1 is 1.31 bits per heavy atom. The monoisotopic (exact) mass is 282 g/mol. The van der Waals surface area contributed by atoms with Gasteiger partial charge in [0.15, 0.2) is 0 Å². The minimum Gasteiger partial charge on any atom is -0.314 e. The largest absolute Gasteiger partial charge is 0.314 e. The summed E-state index contributed by atoms with van der Waals surface area (Å²) in [4.78, 5) is 2.43. The third kappa shape index (κ3) is 2.31. The van der Waals surface area contributed by atoms with Gasteiger partial charge in [0.2, 0.25) is 0 Å². The first-order valence-corrected chi connectivity index (χ1v) is 6.56. The molecule has 0 bridgehead atoms. The fraction of sp³-hybridized carbons (Fsp3) is 0.538. The molecule has 1 aliphatic heterocycles. The van der Waals surface area contributed by atoms with Crippen LogP contribution in [-0.2, 0) is 0 Å². The van der Waals surface area contributed by atoms with Crippen molar-refractivity contribution in [2.75, 3.05) is 26.7 Å². The number of nitrogens with one attached hydrogen (secondary N) is 1. The summed E-state index contributed by atoms with van der Waals surface area (Å²) in [5, 5.41) is 3.46. The first kappa shape index (κ1) is 12.1. The molecule has 0 saturated carbocycles. The van der Waals surface area contributed by atoms with Crippen LogP contribution in [0, 0.1) is 13.8 Å². The van der Waals surface area contributed by atoms with Crippen LogP contribution in [0.1, 0.15) is 22.7 Å². The van der Waals surface area contributed by atoms with E-state index < -0.39 is 0 Å². The summed E-state index contributed by atoms with van der Waals surface area (Å²) in [5.74, 6) is 0. The van der Waals surface area contributed by atoms with Gasteiger partial charge in [0.25, 0.3) is 0 Å². The number of nitrogens with zero attached hydrogens (tertiary/aromatic N) is 1. The molecular weight excluding hydrogens is 264 g/mol. The van der Waals surface area contributed by atoms with Crippen molar-refractivity contribution in [1.82, 2.24) is 10.2 Å². The second-order valence-electron chi connectivity index (χ2n) is 4.67. The van der Waals surface area contributed by atoms with Crippen LogP contribution in [0.3, 0.4) is 0 Å². The summed E-state index contributed by atoms with van der Waals surface area (Å²) in [6, 6.07) is 5.11. The van der Waals surface area contributed by atoms with E-state index in [4.69, 9.17) is 0 Å². The molecule has 1 aromatic carbocycles. The fourth-order valence-electron chi connectivity index (χ4n) is 2.35. The van der Waals surface area contributed by atoms with Crippen LogP contribution < -0.4 is 5.32 Å². The normalized spacial score (nSPS) is 22.4. The average Bonchev–Trinajstić information content (AvgIpc) is 2.26. The standard InChI is InChI=1S/C13H19BrN2/c1-9-6-11(7-10(2)13(9)14)12-8-15-4-5-16(12)3/h6-7,12,15H,4-5,8H2,1-3H3. The van der Waals surface area contributed by atoms with Gasteiger partial charge in [-0.3, -0.25) is 4.90 Å². The third-order valence-corrected chi connectivity index (χ3v) is 4.61. The van der Waals surface area contributed by atoms with Crippen molar-refractivity contribution in [3.8, 4) is 0 Å². The van der Waals surface area contributed by atoms with Crippen molar-refractivity contribution in [2.24, 2.45) is 0 Å². The van der Waals surface area contributed by atoms with E-state index in [1.165, 1.54) is 21.2 Å². The molecule has 0 spiro atoms. The van der Waals surface area contributed by atoms with Gasteiger partial charge in [0.1, 0.15) is 0 Å². The van der Waals surface area contributed by atoms with Crippen LogP contribution >= 0.6 is 15.9 Å². The number of rotatable bonds is 1. The summed E-state index contributed by atoms with van der Waals surface area (Å²) in [6.45, 7) is 7.60.